The van der Waals surface area contributed by atoms with E-state index in [2.05, 4.69) is 5.32 Å². The molecule has 162 valence electrons. The number of nitrogens with one attached hydrogen (secondary N) is 1. The molecular weight excluding hydrogens is 428 g/mol. The number of benzene rings is 2. The number of non-ortho nitro benzene ring substituents is 1. The van der Waals surface area contributed by atoms with Gasteiger partial charge in [-0.05, 0) is 31.5 Å². The average Bonchev–Trinajstić information content (AvgIpc) is 2.70. The number of anilines is 1. The number of aryl methyl sites for hydroxylation is 1. The fourth-order valence-electron chi connectivity index (χ4n) is 3.07. The highest BCUT2D eigenvalue weighted by Crippen LogP contribution is 2.32. The second-order valence-electron chi connectivity index (χ2n) is 6.97. The van der Waals surface area contributed by atoms with Gasteiger partial charge in [0.05, 0.1) is 16.0 Å². The molecule has 1 heterocycles. The van der Waals surface area contributed by atoms with Gasteiger partial charge in [-0.15, -0.1) is 0 Å². The van der Waals surface area contributed by atoms with Crippen LogP contribution in [0.4, 0.5) is 11.4 Å². The van der Waals surface area contributed by atoms with Crippen LogP contribution in [0.15, 0.2) is 45.6 Å². The van der Waals surface area contributed by atoms with E-state index in [0.29, 0.717) is 16.5 Å². The van der Waals surface area contributed by atoms with Gasteiger partial charge >= 0.3 is 5.63 Å². The normalized spacial score (nSPS) is 11.9. The van der Waals surface area contributed by atoms with Gasteiger partial charge in [-0.3, -0.25) is 14.9 Å². The molecule has 3 rings (SSSR count). The van der Waals surface area contributed by atoms with Crippen molar-refractivity contribution < 1.29 is 24.0 Å². The lowest BCUT2D eigenvalue weighted by molar-refractivity contribution is -0.384. The van der Waals surface area contributed by atoms with Crippen molar-refractivity contribution in [2.75, 3.05) is 11.9 Å². The highest BCUT2D eigenvalue weighted by molar-refractivity contribution is 6.32. The Morgan fingerprint density at radius 3 is 2.77 bits per heavy atom. The number of nitrogens with zero attached hydrogens (tertiary/aromatic N) is 1. The molecule has 2 N–H and O–H groups in total. The van der Waals surface area contributed by atoms with Crippen molar-refractivity contribution in [3.8, 4) is 5.75 Å². The van der Waals surface area contributed by atoms with Crippen molar-refractivity contribution in [3.63, 3.8) is 0 Å². The lowest BCUT2D eigenvalue weighted by atomic mass is 10.0. The predicted octanol–water partition coefficient (Wildman–Crippen LogP) is 3.60. The maximum atomic E-state index is 12.3. The summed E-state index contributed by atoms with van der Waals surface area (Å²) in [4.78, 5) is 34.7. The molecule has 0 bridgehead atoms. The van der Waals surface area contributed by atoms with E-state index in [1.54, 1.807) is 19.9 Å². The smallest absolute Gasteiger partial charge is 0.339 e. The number of carbonyl (C=O) groups is 1. The Bertz CT molecular complexity index is 1220. The zero-order valence-electron chi connectivity index (χ0n) is 16.7. The van der Waals surface area contributed by atoms with Gasteiger partial charge in [-0.25, -0.2) is 4.79 Å². The predicted molar refractivity (Wildman–Crippen MR) is 115 cm³/mol. The molecule has 0 saturated heterocycles. The molecule has 0 fully saturated rings. The summed E-state index contributed by atoms with van der Waals surface area (Å²) in [5, 5.41) is 23.7. The number of nitro benzene ring substituents is 1. The lowest BCUT2D eigenvalue weighted by Crippen LogP contribution is -2.20. The molecule has 0 saturated carbocycles. The van der Waals surface area contributed by atoms with Gasteiger partial charge in [-0.2, -0.15) is 0 Å². The van der Waals surface area contributed by atoms with Crippen LogP contribution in [0.5, 0.6) is 5.75 Å². The molecule has 3 aromatic rings. The van der Waals surface area contributed by atoms with Crippen molar-refractivity contribution in [2.24, 2.45) is 0 Å². The SMILES string of the molecule is Cc1c(C[C@H](C)O)c(=O)oc2cc(OCC(=O)Nc3cccc([N+](=O)[O-])c3)c(Cl)cc12. The maximum absolute atomic E-state index is 12.3. The first-order chi connectivity index (χ1) is 14.7. The van der Waals surface area contributed by atoms with Crippen molar-refractivity contribution in [1.82, 2.24) is 0 Å². The summed E-state index contributed by atoms with van der Waals surface area (Å²) in [6, 6.07) is 8.47. The summed E-state index contributed by atoms with van der Waals surface area (Å²) >= 11 is 6.27. The van der Waals surface area contributed by atoms with E-state index in [9.17, 15) is 24.8 Å². The molecule has 0 unspecified atom stereocenters. The Labute approximate surface area is 181 Å². The molecule has 0 radical (unpaired) electrons. The number of amides is 1. The second-order valence-corrected chi connectivity index (χ2v) is 7.38. The first-order valence-electron chi connectivity index (χ1n) is 9.26. The minimum Gasteiger partial charge on any atom is -0.482 e. The van der Waals surface area contributed by atoms with Crippen LogP contribution in [0.1, 0.15) is 18.1 Å². The van der Waals surface area contributed by atoms with E-state index in [4.69, 9.17) is 20.8 Å². The topological polar surface area (TPSA) is 132 Å². The molecule has 9 nitrogen and oxygen atoms in total. The Kier molecular flexibility index (Phi) is 6.57. The number of carbonyl (C=O) groups excluding carboxylic acids is 1. The Morgan fingerprint density at radius 1 is 1.35 bits per heavy atom. The molecule has 2 aromatic carbocycles. The third kappa shape index (κ3) is 5.19. The maximum Gasteiger partial charge on any atom is 0.339 e. The number of nitro groups is 1. The molecule has 1 amide bonds. The largest absolute Gasteiger partial charge is 0.482 e. The van der Waals surface area contributed by atoms with Crippen LogP contribution < -0.4 is 15.7 Å². The number of aliphatic hydroxyl groups excluding tert-OH is 1. The molecule has 0 spiro atoms. The number of halogens is 1. The van der Waals surface area contributed by atoms with E-state index < -0.39 is 29.2 Å². The first-order valence-corrected chi connectivity index (χ1v) is 9.64. The average molecular weight is 447 g/mol. The summed E-state index contributed by atoms with van der Waals surface area (Å²) in [7, 11) is 0. The highest BCUT2D eigenvalue weighted by Gasteiger charge is 2.16. The van der Waals surface area contributed by atoms with Crippen molar-refractivity contribution in [3.05, 3.63) is 73.1 Å². The van der Waals surface area contributed by atoms with Crippen LogP contribution >= 0.6 is 11.6 Å². The third-order valence-corrected chi connectivity index (χ3v) is 4.83. The standard InChI is InChI=1S/C21H19ClN2O7/c1-11(25)6-16-12(2)15-8-17(22)19(9-18(15)31-21(16)27)30-10-20(26)23-13-4-3-5-14(7-13)24(28)29/h3-5,7-9,11,25H,6,10H2,1-2H3,(H,23,26)/t11-/m0/s1. The molecule has 0 aliphatic carbocycles. The van der Waals surface area contributed by atoms with Gasteiger partial charge in [0, 0.05) is 41.3 Å². The van der Waals surface area contributed by atoms with Crippen LogP contribution in [0.2, 0.25) is 5.02 Å². The van der Waals surface area contributed by atoms with Crippen LogP contribution in [-0.4, -0.2) is 28.6 Å². The number of fused-ring (bicyclic) bond motifs is 1. The summed E-state index contributed by atoms with van der Waals surface area (Å²) in [5.41, 5.74) is 0.766. The van der Waals surface area contributed by atoms with Gasteiger partial charge in [0.2, 0.25) is 0 Å². The minimum absolute atomic E-state index is 0.134. The molecule has 1 aromatic heterocycles. The van der Waals surface area contributed by atoms with E-state index in [-0.39, 0.29) is 34.2 Å². The number of ether oxygens (including phenoxy) is 1. The summed E-state index contributed by atoms with van der Waals surface area (Å²) < 4.78 is 10.8. The molecule has 0 aliphatic rings. The fourth-order valence-corrected chi connectivity index (χ4v) is 3.29. The van der Waals surface area contributed by atoms with Gasteiger partial charge in [-0.1, -0.05) is 17.7 Å². The minimum atomic E-state index is -0.707. The van der Waals surface area contributed by atoms with Crippen LogP contribution in [-0.2, 0) is 11.2 Å². The van der Waals surface area contributed by atoms with Crippen molar-refractivity contribution in [2.45, 2.75) is 26.4 Å². The van der Waals surface area contributed by atoms with E-state index in [1.807, 2.05) is 0 Å². The number of hydrogen-bond donors (Lipinski definition) is 2. The van der Waals surface area contributed by atoms with Gasteiger partial charge in [0.15, 0.2) is 6.61 Å². The summed E-state index contributed by atoms with van der Waals surface area (Å²) in [6.07, 6.45) is -0.556. The molecule has 10 heteroatoms. The lowest BCUT2D eigenvalue weighted by Gasteiger charge is -2.12. The molecule has 31 heavy (non-hydrogen) atoms. The van der Waals surface area contributed by atoms with Gasteiger partial charge in [0.25, 0.3) is 11.6 Å². The number of aliphatic hydroxyl groups is 1. The quantitative estimate of drug-likeness (QED) is 0.322. The first kappa shape index (κ1) is 22.3. The monoisotopic (exact) mass is 446 g/mol. The second kappa shape index (κ2) is 9.15. The Hall–Kier alpha value is -3.43. The van der Waals surface area contributed by atoms with Crippen LogP contribution in [0, 0.1) is 17.0 Å². The van der Waals surface area contributed by atoms with E-state index in [1.165, 1.54) is 30.3 Å². The molecule has 1 atom stereocenters. The van der Waals surface area contributed by atoms with E-state index >= 15 is 0 Å². The zero-order valence-corrected chi connectivity index (χ0v) is 17.4. The number of hydrogen-bond acceptors (Lipinski definition) is 7. The Morgan fingerprint density at radius 2 is 2.10 bits per heavy atom. The van der Waals surface area contributed by atoms with Crippen molar-refractivity contribution >= 4 is 39.9 Å². The van der Waals surface area contributed by atoms with Crippen LogP contribution in [0.25, 0.3) is 11.0 Å². The highest BCUT2D eigenvalue weighted by atomic mass is 35.5. The van der Waals surface area contributed by atoms with Gasteiger partial charge in [0.1, 0.15) is 11.3 Å². The zero-order chi connectivity index (χ0) is 22.7. The Balaban J connectivity index is 1.78. The third-order valence-electron chi connectivity index (χ3n) is 4.54. The van der Waals surface area contributed by atoms with E-state index in [0.717, 1.165) is 0 Å². The van der Waals surface area contributed by atoms with Crippen LogP contribution in [0.3, 0.4) is 0 Å². The number of rotatable bonds is 7. The molecular formula is C21H19ClN2O7. The fraction of sp³-hybridized carbons (Fsp3) is 0.238. The molecule has 0 aliphatic heterocycles. The van der Waals surface area contributed by atoms with Crippen molar-refractivity contribution in [1.29, 1.82) is 0 Å². The van der Waals surface area contributed by atoms with Gasteiger partial charge < -0.3 is 19.6 Å². The summed E-state index contributed by atoms with van der Waals surface area (Å²) in [5.74, 6) is -0.421. The summed E-state index contributed by atoms with van der Waals surface area (Å²) in [6.45, 7) is 2.89.